The minimum atomic E-state index is -0.176. The van der Waals surface area contributed by atoms with Gasteiger partial charge in [-0.1, -0.05) is 18.2 Å². The van der Waals surface area contributed by atoms with Crippen LogP contribution in [0.3, 0.4) is 0 Å². The first-order chi connectivity index (χ1) is 12.0. The molecule has 6 nitrogen and oxygen atoms in total. The Morgan fingerprint density at radius 2 is 2.20 bits per heavy atom. The number of ether oxygens (including phenoxy) is 1. The summed E-state index contributed by atoms with van der Waals surface area (Å²) in [5.74, 6) is 7.25. The van der Waals surface area contributed by atoms with E-state index in [4.69, 9.17) is 10.6 Å². The lowest BCUT2D eigenvalue weighted by Crippen LogP contribution is -3.08. The highest BCUT2D eigenvalue weighted by molar-refractivity contribution is 7.18. The number of thiophene rings is 1. The van der Waals surface area contributed by atoms with Gasteiger partial charge in [0.15, 0.2) is 5.82 Å². The summed E-state index contributed by atoms with van der Waals surface area (Å²) in [5.41, 5.74) is 1.99. The van der Waals surface area contributed by atoms with Crippen LogP contribution in [0.5, 0.6) is 5.75 Å². The molecule has 0 saturated carbocycles. The van der Waals surface area contributed by atoms with Gasteiger partial charge in [0.2, 0.25) is 0 Å². The van der Waals surface area contributed by atoms with Crippen molar-refractivity contribution in [1.29, 1.82) is 0 Å². The molecule has 1 unspecified atom stereocenters. The van der Waals surface area contributed by atoms with Crippen LogP contribution in [-0.2, 0) is 19.6 Å². The smallest absolute Gasteiger partial charge is 0.281 e. The Balaban J connectivity index is 1.72. The second kappa shape index (κ2) is 6.16. The van der Waals surface area contributed by atoms with Crippen LogP contribution >= 0.6 is 11.3 Å². The molecule has 2 aromatic heterocycles. The largest absolute Gasteiger partial charge is 0.485 e. The molecule has 1 aliphatic heterocycles. The summed E-state index contributed by atoms with van der Waals surface area (Å²) in [6.07, 6.45) is 0.900. The summed E-state index contributed by atoms with van der Waals surface area (Å²) in [6.45, 7) is 4.12. The highest BCUT2D eigenvalue weighted by Crippen LogP contribution is 2.29. The molecule has 3 aromatic rings. The molecule has 1 aliphatic rings. The predicted molar refractivity (Wildman–Crippen MR) is 98.7 cm³/mol. The van der Waals surface area contributed by atoms with E-state index in [9.17, 15) is 4.79 Å². The summed E-state index contributed by atoms with van der Waals surface area (Å²) in [7, 11) is 2.17. The third-order valence-electron chi connectivity index (χ3n) is 4.73. The van der Waals surface area contributed by atoms with Crippen molar-refractivity contribution < 1.29 is 9.64 Å². The molecule has 0 fully saturated rings. The first-order valence-corrected chi connectivity index (χ1v) is 9.17. The van der Waals surface area contributed by atoms with Gasteiger partial charge in [0.05, 0.1) is 23.9 Å². The number of likely N-dealkylation sites (N-methyl/N-ethyl adjacent to an activating group) is 1. The number of nitrogens with zero attached hydrogens (tertiary/aromatic N) is 2. The molecule has 1 aromatic carbocycles. The van der Waals surface area contributed by atoms with Gasteiger partial charge in [-0.25, -0.2) is 9.66 Å². The third-order valence-corrected chi connectivity index (χ3v) is 5.85. The van der Waals surface area contributed by atoms with Crippen LogP contribution in [0.25, 0.3) is 10.2 Å². The maximum Gasteiger partial charge on any atom is 0.281 e. The normalized spacial score (nSPS) is 16.8. The number of quaternary nitrogens is 1. The number of nitrogens with two attached hydrogens (primary N) is 1. The van der Waals surface area contributed by atoms with E-state index in [0.717, 1.165) is 45.9 Å². The monoisotopic (exact) mass is 357 g/mol. The fraction of sp³-hybridized carbons (Fsp3) is 0.333. The molecule has 1 atom stereocenters. The van der Waals surface area contributed by atoms with Crippen molar-refractivity contribution in [2.75, 3.05) is 19.4 Å². The van der Waals surface area contributed by atoms with E-state index in [1.54, 1.807) is 11.3 Å². The summed E-state index contributed by atoms with van der Waals surface area (Å²) >= 11 is 1.61. The second-order valence-corrected chi connectivity index (χ2v) is 7.66. The van der Waals surface area contributed by atoms with Crippen LogP contribution in [-0.4, -0.2) is 23.3 Å². The third kappa shape index (κ3) is 2.79. The van der Waals surface area contributed by atoms with E-state index < -0.39 is 0 Å². The van der Waals surface area contributed by atoms with Crippen molar-refractivity contribution >= 4 is 21.6 Å². The van der Waals surface area contributed by atoms with Crippen LogP contribution in [0.4, 0.5) is 0 Å². The van der Waals surface area contributed by atoms with Gasteiger partial charge in [-0.15, -0.1) is 11.3 Å². The van der Waals surface area contributed by atoms with Gasteiger partial charge < -0.3 is 15.5 Å². The Hall–Kier alpha value is -2.38. The minimum absolute atomic E-state index is 0.167. The molecule has 0 spiro atoms. The molecule has 0 radical (unpaired) electrons. The lowest BCUT2D eigenvalue weighted by molar-refractivity contribution is -0.895. The maximum atomic E-state index is 12.8. The van der Waals surface area contributed by atoms with Gasteiger partial charge in [0.1, 0.15) is 23.7 Å². The fourth-order valence-corrected chi connectivity index (χ4v) is 4.62. The van der Waals surface area contributed by atoms with E-state index in [1.165, 1.54) is 9.78 Å². The minimum Gasteiger partial charge on any atom is -0.485 e. The molecule has 0 saturated heterocycles. The molecule has 25 heavy (non-hydrogen) atoms. The summed E-state index contributed by atoms with van der Waals surface area (Å²) in [6, 6.07) is 7.75. The van der Waals surface area contributed by atoms with Crippen molar-refractivity contribution in [3.8, 4) is 5.75 Å². The fourth-order valence-electron chi connectivity index (χ4n) is 3.28. The number of nitrogen functional groups attached to an aromatic ring is 1. The van der Waals surface area contributed by atoms with E-state index in [1.807, 2.05) is 31.2 Å². The molecular weight excluding hydrogens is 336 g/mol. The number of aryl methyl sites for hydroxylation is 1. The number of hydrogen-bond donors (Lipinski definition) is 2. The van der Waals surface area contributed by atoms with Crippen molar-refractivity contribution in [2.45, 2.75) is 26.5 Å². The highest BCUT2D eigenvalue weighted by atomic mass is 32.1. The first-order valence-electron chi connectivity index (χ1n) is 8.35. The van der Waals surface area contributed by atoms with E-state index in [0.29, 0.717) is 11.2 Å². The van der Waals surface area contributed by atoms with Crippen molar-refractivity contribution in [1.82, 2.24) is 9.66 Å². The zero-order chi connectivity index (χ0) is 17.6. The van der Waals surface area contributed by atoms with Crippen LogP contribution in [0.1, 0.15) is 21.8 Å². The summed E-state index contributed by atoms with van der Waals surface area (Å²) in [4.78, 5) is 20.9. The molecule has 130 valence electrons. The SMILES string of the molecule is Cc1ccccc1OCc1nc2sc3c(c2c(=O)n1N)CC[NH+](C)C3. The predicted octanol–water partition coefficient (Wildman–Crippen LogP) is 0.630. The first kappa shape index (κ1) is 16.1. The highest BCUT2D eigenvalue weighted by Gasteiger charge is 2.25. The second-order valence-electron chi connectivity index (χ2n) is 6.58. The molecule has 0 amide bonds. The van der Waals surface area contributed by atoms with E-state index in [-0.39, 0.29) is 12.2 Å². The summed E-state index contributed by atoms with van der Waals surface area (Å²) in [5, 5.41) is 0.689. The average molecular weight is 357 g/mol. The van der Waals surface area contributed by atoms with Crippen LogP contribution in [0.15, 0.2) is 29.1 Å². The van der Waals surface area contributed by atoms with Crippen LogP contribution in [0.2, 0.25) is 0 Å². The van der Waals surface area contributed by atoms with Gasteiger partial charge in [0.25, 0.3) is 5.56 Å². The van der Waals surface area contributed by atoms with Gasteiger partial charge in [-0.2, -0.15) is 0 Å². The number of hydrogen-bond acceptors (Lipinski definition) is 5. The number of aromatic nitrogens is 2. The van der Waals surface area contributed by atoms with Crippen molar-refractivity contribution in [3.05, 3.63) is 56.4 Å². The maximum absolute atomic E-state index is 12.8. The number of rotatable bonds is 3. The Labute approximate surface area is 149 Å². The van der Waals surface area contributed by atoms with E-state index in [2.05, 4.69) is 12.0 Å². The average Bonchev–Trinajstić information content (AvgIpc) is 2.95. The molecule has 7 heteroatoms. The Morgan fingerprint density at radius 3 is 3.00 bits per heavy atom. The zero-order valence-corrected chi connectivity index (χ0v) is 15.2. The lowest BCUT2D eigenvalue weighted by Gasteiger charge is -2.19. The molecule has 4 rings (SSSR count). The lowest BCUT2D eigenvalue weighted by atomic mass is 10.1. The number of para-hydroxylation sites is 1. The standard InChI is InChI=1S/C18H20N4O2S/c1-11-5-3-4-6-13(11)24-10-15-20-17-16(18(23)22(15)19)12-7-8-21(2)9-14(12)25-17/h3-6H,7-10,19H2,1-2H3/p+1. The molecule has 0 aliphatic carbocycles. The molecule has 3 heterocycles. The van der Waals surface area contributed by atoms with Gasteiger partial charge in [-0.3, -0.25) is 4.79 Å². The molecular formula is C18H21N4O2S+. The Kier molecular flexibility index (Phi) is 3.97. The quantitative estimate of drug-likeness (QED) is 0.675. The topological polar surface area (TPSA) is 74.6 Å². The van der Waals surface area contributed by atoms with Crippen molar-refractivity contribution in [2.24, 2.45) is 0 Å². The van der Waals surface area contributed by atoms with Crippen LogP contribution in [0, 0.1) is 6.92 Å². The van der Waals surface area contributed by atoms with Gasteiger partial charge in [-0.05, 0) is 24.1 Å². The van der Waals surface area contributed by atoms with Gasteiger partial charge in [0, 0.05) is 6.42 Å². The van der Waals surface area contributed by atoms with Crippen molar-refractivity contribution in [3.63, 3.8) is 0 Å². The zero-order valence-electron chi connectivity index (χ0n) is 14.3. The molecule has 0 bridgehead atoms. The van der Waals surface area contributed by atoms with Gasteiger partial charge >= 0.3 is 0 Å². The number of fused-ring (bicyclic) bond motifs is 3. The Morgan fingerprint density at radius 1 is 1.40 bits per heavy atom. The molecule has 3 N–H and O–H groups in total. The number of nitrogens with one attached hydrogen (secondary N) is 1. The van der Waals surface area contributed by atoms with E-state index >= 15 is 0 Å². The summed E-state index contributed by atoms with van der Waals surface area (Å²) < 4.78 is 6.96. The number of benzene rings is 1. The Bertz CT molecular complexity index is 1010. The van der Waals surface area contributed by atoms with Crippen LogP contribution < -0.4 is 21.0 Å².